The van der Waals surface area contributed by atoms with Gasteiger partial charge in [-0.05, 0) is 110 Å². The molecule has 0 unspecified atom stereocenters. The van der Waals surface area contributed by atoms with E-state index >= 15 is 0 Å². The number of piperazine rings is 1. The first-order valence-corrected chi connectivity index (χ1v) is 21.5. The van der Waals surface area contributed by atoms with Crippen LogP contribution in [0.3, 0.4) is 0 Å². The van der Waals surface area contributed by atoms with Crippen LogP contribution >= 0.6 is 11.6 Å². The number of hydrogen-bond donors (Lipinski definition) is 0. The Labute approximate surface area is 363 Å². The third-order valence-electron chi connectivity index (χ3n) is 10.7. The summed E-state index contributed by atoms with van der Waals surface area (Å²) in [6, 6.07) is 14.2. The molecule has 0 atom stereocenters. The Balaban J connectivity index is 1.39. The van der Waals surface area contributed by atoms with Crippen molar-refractivity contribution in [2.45, 2.75) is 92.5 Å². The van der Waals surface area contributed by atoms with Gasteiger partial charge in [0.1, 0.15) is 28.5 Å². The van der Waals surface area contributed by atoms with Crippen molar-refractivity contribution >= 4 is 45.3 Å². The van der Waals surface area contributed by atoms with E-state index in [0.717, 1.165) is 49.8 Å². The van der Waals surface area contributed by atoms with Crippen LogP contribution in [0.1, 0.15) is 75.4 Å². The lowest BCUT2D eigenvalue weighted by atomic mass is 9.98. The fourth-order valence-electron chi connectivity index (χ4n) is 7.94. The quantitative estimate of drug-likeness (QED) is 0.0709. The second-order valence-electron chi connectivity index (χ2n) is 17.6. The highest BCUT2D eigenvalue weighted by Gasteiger charge is 2.32. The van der Waals surface area contributed by atoms with Crippen molar-refractivity contribution in [1.82, 2.24) is 24.1 Å². The van der Waals surface area contributed by atoms with Crippen LogP contribution in [-0.4, -0.2) is 114 Å². The minimum Gasteiger partial charge on any atom is -0.493 e. The van der Waals surface area contributed by atoms with E-state index in [9.17, 15) is 14.0 Å². The molecule has 14 heteroatoms. The highest BCUT2D eigenvalue weighted by molar-refractivity contribution is 6.35. The van der Waals surface area contributed by atoms with Crippen LogP contribution in [0.5, 0.6) is 5.75 Å². The first kappa shape index (κ1) is 45.8. The zero-order valence-electron chi connectivity index (χ0n) is 37.2. The van der Waals surface area contributed by atoms with Crippen molar-refractivity contribution in [2.75, 3.05) is 66.3 Å². The molecule has 1 aliphatic heterocycles. The molecule has 12 nitrogen and oxygen atoms in total. The molecule has 0 spiro atoms. The Morgan fingerprint density at radius 3 is 2.25 bits per heavy atom. The maximum Gasteiger partial charge on any atom is 0.410 e. The predicted molar refractivity (Wildman–Crippen MR) is 237 cm³/mol. The van der Waals surface area contributed by atoms with Gasteiger partial charge in [-0.1, -0.05) is 29.8 Å². The maximum atomic E-state index is 14.6. The number of benzene rings is 3. The van der Waals surface area contributed by atoms with E-state index in [-0.39, 0.29) is 11.9 Å². The standard InChI is InChI=1S/C47H61ClFN5O7/c1-31-40(32(2)54(50-31)25-27-58-29-28-57-9)41-38(48)18-17-37-36(13-11-26-59-39-14-10-12-33-30-34(49)15-16-35(33)39)43(44(55)60-46(3,4)5)53(42(37)41)24-21-51-19-22-52(23-20-51)45(56)61-47(6,7)8/h10,12,14-18,30H,11,13,19-29H2,1-9H3. The van der Waals surface area contributed by atoms with Gasteiger partial charge in [0.15, 0.2) is 0 Å². The van der Waals surface area contributed by atoms with Crippen molar-refractivity contribution < 1.29 is 37.7 Å². The Hall–Kier alpha value is -4.69. The lowest BCUT2D eigenvalue weighted by Gasteiger charge is -2.35. The summed E-state index contributed by atoms with van der Waals surface area (Å²) in [5.41, 5.74) is 4.23. The largest absolute Gasteiger partial charge is 0.493 e. The van der Waals surface area contributed by atoms with Gasteiger partial charge in [-0.2, -0.15) is 5.10 Å². The summed E-state index contributed by atoms with van der Waals surface area (Å²) in [4.78, 5) is 31.5. The monoisotopic (exact) mass is 861 g/mol. The third-order valence-corrected chi connectivity index (χ3v) is 11.0. The molecule has 1 amide bonds. The van der Waals surface area contributed by atoms with Crippen LogP contribution in [0.15, 0.2) is 48.5 Å². The van der Waals surface area contributed by atoms with Crippen LogP contribution in [0, 0.1) is 19.7 Å². The zero-order valence-corrected chi connectivity index (χ0v) is 37.9. The fraction of sp³-hybridized carbons (Fsp3) is 0.511. The number of halogens is 2. The molecule has 1 fully saturated rings. The maximum absolute atomic E-state index is 14.6. The molecule has 2 aromatic heterocycles. The average molecular weight is 862 g/mol. The Bertz CT molecular complexity index is 2340. The van der Waals surface area contributed by atoms with Crippen molar-refractivity contribution in [3.8, 4) is 16.9 Å². The summed E-state index contributed by atoms with van der Waals surface area (Å²) >= 11 is 7.26. The minimum absolute atomic E-state index is 0.303. The fourth-order valence-corrected chi connectivity index (χ4v) is 8.19. The lowest BCUT2D eigenvalue weighted by molar-refractivity contribution is 0.00509. The Morgan fingerprint density at radius 2 is 1.54 bits per heavy atom. The van der Waals surface area contributed by atoms with Crippen LogP contribution < -0.4 is 4.74 Å². The summed E-state index contributed by atoms with van der Waals surface area (Å²) in [5.74, 6) is -0.0620. The van der Waals surface area contributed by atoms with Gasteiger partial charge >= 0.3 is 12.1 Å². The second-order valence-corrected chi connectivity index (χ2v) is 18.0. The van der Waals surface area contributed by atoms with Gasteiger partial charge in [0.05, 0.1) is 49.2 Å². The molecule has 0 radical (unpaired) electrons. The number of nitrogens with zero attached hydrogens (tertiary/aromatic N) is 5. The van der Waals surface area contributed by atoms with Crippen LogP contribution in [0.4, 0.5) is 9.18 Å². The first-order chi connectivity index (χ1) is 29.0. The molecule has 1 aliphatic rings. The van der Waals surface area contributed by atoms with Gasteiger partial charge in [0.25, 0.3) is 0 Å². The minimum atomic E-state index is -0.759. The number of carbonyl (C=O) groups is 2. The molecule has 0 aliphatic carbocycles. The van der Waals surface area contributed by atoms with Crippen LogP contribution in [0.25, 0.3) is 32.8 Å². The number of esters is 1. The van der Waals surface area contributed by atoms with Crippen molar-refractivity contribution in [3.05, 3.63) is 82.0 Å². The molecule has 3 heterocycles. The normalized spacial score (nSPS) is 14.0. The molecule has 6 rings (SSSR count). The van der Waals surface area contributed by atoms with E-state index < -0.39 is 17.2 Å². The first-order valence-electron chi connectivity index (χ1n) is 21.1. The number of aromatic nitrogens is 3. The molecule has 1 saturated heterocycles. The zero-order chi connectivity index (χ0) is 44.1. The molecule has 61 heavy (non-hydrogen) atoms. The Kier molecular flexibility index (Phi) is 14.7. The van der Waals surface area contributed by atoms with Gasteiger partial charge < -0.3 is 33.2 Å². The van der Waals surface area contributed by atoms with Crippen LogP contribution in [-0.2, 0) is 38.5 Å². The van der Waals surface area contributed by atoms with Gasteiger partial charge in [0.2, 0.25) is 0 Å². The SMILES string of the molecule is COCCOCCn1nc(C)c(-c2c(Cl)ccc3c(CCCOc4cccc5cc(F)ccc45)c(C(=O)OC(C)(C)C)n(CCN4CCN(C(=O)OC(C)(C)C)CC4)c23)c1C. The number of aryl methyl sites for hydroxylation is 2. The van der Waals surface area contributed by atoms with Crippen molar-refractivity contribution in [1.29, 1.82) is 0 Å². The molecule has 0 bridgehead atoms. The van der Waals surface area contributed by atoms with Gasteiger partial charge in [0, 0.05) is 74.0 Å². The molecular formula is C47H61ClFN5O7. The molecule has 0 saturated carbocycles. The number of rotatable bonds is 16. The highest BCUT2D eigenvalue weighted by Crippen LogP contribution is 2.43. The summed E-state index contributed by atoms with van der Waals surface area (Å²) in [5, 5.41) is 7.95. The van der Waals surface area contributed by atoms with Gasteiger partial charge in [-0.15, -0.1) is 0 Å². The van der Waals surface area contributed by atoms with Crippen molar-refractivity contribution in [2.24, 2.45) is 0 Å². The molecule has 0 N–H and O–H groups in total. The van der Waals surface area contributed by atoms with Gasteiger partial charge in [-0.3, -0.25) is 9.58 Å². The summed E-state index contributed by atoms with van der Waals surface area (Å²) in [6.45, 7) is 21.0. The number of amides is 1. The second kappa shape index (κ2) is 19.6. The summed E-state index contributed by atoms with van der Waals surface area (Å²) < 4.78 is 47.1. The lowest BCUT2D eigenvalue weighted by Crippen LogP contribution is -2.50. The predicted octanol–water partition coefficient (Wildman–Crippen LogP) is 9.25. The summed E-state index contributed by atoms with van der Waals surface area (Å²) in [7, 11) is 1.65. The highest BCUT2D eigenvalue weighted by atomic mass is 35.5. The molecule has 5 aromatic rings. The number of carbonyl (C=O) groups excluding carboxylic acids is 2. The molecule has 330 valence electrons. The van der Waals surface area contributed by atoms with E-state index in [1.807, 2.05) is 90.4 Å². The summed E-state index contributed by atoms with van der Waals surface area (Å²) in [6.07, 6.45) is 0.769. The number of ether oxygens (including phenoxy) is 5. The van der Waals surface area contributed by atoms with E-state index in [1.54, 1.807) is 18.1 Å². The number of fused-ring (bicyclic) bond motifs is 2. The van der Waals surface area contributed by atoms with E-state index in [0.29, 0.717) is 102 Å². The number of hydrogen-bond acceptors (Lipinski definition) is 9. The Morgan fingerprint density at radius 1 is 0.820 bits per heavy atom. The van der Waals surface area contributed by atoms with Gasteiger partial charge in [-0.25, -0.2) is 14.0 Å². The number of methoxy groups -OCH3 is 1. The topological polar surface area (TPSA) is 110 Å². The average Bonchev–Trinajstić information content (AvgIpc) is 3.65. The van der Waals surface area contributed by atoms with Crippen molar-refractivity contribution in [3.63, 3.8) is 0 Å². The smallest absolute Gasteiger partial charge is 0.410 e. The third kappa shape index (κ3) is 11.2. The van der Waals surface area contributed by atoms with E-state index in [1.165, 1.54) is 12.1 Å². The van der Waals surface area contributed by atoms with E-state index in [4.69, 9.17) is 40.4 Å². The van der Waals surface area contributed by atoms with E-state index in [2.05, 4.69) is 9.47 Å². The molecule has 3 aromatic carbocycles. The van der Waals surface area contributed by atoms with Crippen LogP contribution in [0.2, 0.25) is 5.02 Å². The molecular weight excluding hydrogens is 801 g/mol.